The Morgan fingerprint density at radius 3 is 2.68 bits per heavy atom. The van der Waals surface area contributed by atoms with Gasteiger partial charge in [-0.25, -0.2) is 0 Å². The molecule has 19 heavy (non-hydrogen) atoms. The molecule has 2 rings (SSSR count). The van der Waals surface area contributed by atoms with Crippen molar-refractivity contribution >= 4 is 33.4 Å². The Hall–Kier alpha value is -1.44. The number of nitrogens with zero attached hydrogens (tertiary/aromatic N) is 1. The van der Waals surface area contributed by atoms with Gasteiger partial charge in [-0.15, -0.1) is 11.8 Å². The maximum atomic E-state index is 8.85. The van der Waals surface area contributed by atoms with Gasteiger partial charge in [0, 0.05) is 20.8 Å². The van der Waals surface area contributed by atoms with Crippen molar-refractivity contribution in [2.45, 2.75) is 17.6 Å². The molecule has 2 nitrogen and oxygen atoms in total. The van der Waals surface area contributed by atoms with Crippen molar-refractivity contribution in [3.8, 4) is 6.07 Å². The van der Waals surface area contributed by atoms with E-state index in [9.17, 15) is 0 Å². The molecule has 2 aromatic carbocycles. The molecule has 0 aromatic heterocycles. The molecule has 4 heteroatoms. The molecule has 96 valence electrons. The van der Waals surface area contributed by atoms with E-state index in [0.29, 0.717) is 5.56 Å². The molecular weight excluding hydrogens is 320 g/mol. The van der Waals surface area contributed by atoms with Crippen LogP contribution >= 0.6 is 27.7 Å². The highest BCUT2D eigenvalue weighted by Gasteiger charge is 2.04. The average molecular weight is 333 g/mol. The van der Waals surface area contributed by atoms with Gasteiger partial charge < -0.3 is 5.73 Å². The van der Waals surface area contributed by atoms with E-state index in [1.54, 1.807) is 11.8 Å². The lowest BCUT2D eigenvalue weighted by atomic mass is 10.1. The lowest BCUT2D eigenvalue weighted by Crippen LogP contribution is -1.91. The molecule has 0 atom stereocenters. The van der Waals surface area contributed by atoms with Crippen molar-refractivity contribution < 1.29 is 0 Å². The molecule has 0 saturated heterocycles. The van der Waals surface area contributed by atoms with Crippen LogP contribution < -0.4 is 5.73 Å². The van der Waals surface area contributed by atoms with Crippen LogP contribution in [0, 0.1) is 18.3 Å². The van der Waals surface area contributed by atoms with Crippen LogP contribution in [0.3, 0.4) is 0 Å². The van der Waals surface area contributed by atoms with Crippen molar-refractivity contribution in [2.75, 3.05) is 5.73 Å². The highest BCUT2D eigenvalue weighted by molar-refractivity contribution is 9.10. The van der Waals surface area contributed by atoms with Crippen LogP contribution in [-0.4, -0.2) is 0 Å². The monoisotopic (exact) mass is 332 g/mol. The van der Waals surface area contributed by atoms with Crippen molar-refractivity contribution in [1.82, 2.24) is 0 Å². The molecule has 2 aromatic rings. The molecule has 2 N–H and O–H groups in total. The Labute approximate surface area is 125 Å². The van der Waals surface area contributed by atoms with Crippen molar-refractivity contribution in [2.24, 2.45) is 0 Å². The number of nitriles is 1. The number of nitrogen functional groups attached to an aromatic ring is 1. The van der Waals surface area contributed by atoms with E-state index in [4.69, 9.17) is 11.0 Å². The third kappa shape index (κ3) is 3.52. The van der Waals surface area contributed by atoms with Crippen LogP contribution in [0.5, 0.6) is 0 Å². The fourth-order valence-electron chi connectivity index (χ4n) is 1.73. The Bertz CT molecular complexity index is 647. The first-order valence-electron chi connectivity index (χ1n) is 5.77. The molecule has 0 amide bonds. The van der Waals surface area contributed by atoms with E-state index >= 15 is 0 Å². The number of aryl methyl sites for hydroxylation is 1. The minimum absolute atomic E-state index is 0.703. The number of rotatable bonds is 3. The zero-order chi connectivity index (χ0) is 13.8. The van der Waals surface area contributed by atoms with Crippen LogP contribution in [0.25, 0.3) is 0 Å². The van der Waals surface area contributed by atoms with E-state index in [1.807, 2.05) is 43.3 Å². The van der Waals surface area contributed by atoms with Gasteiger partial charge in [0.25, 0.3) is 0 Å². The van der Waals surface area contributed by atoms with E-state index < -0.39 is 0 Å². The maximum Gasteiger partial charge on any atom is 0.0991 e. The zero-order valence-electron chi connectivity index (χ0n) is 10.5. The predicted octanol–water partition coefficient (Wildman–Crippen LogP) is 4.50. The Kier molecular flexibility index (Phi) is 4.52. The minimum Gasteiger partial charge on any atom is -0.398 e. The summed E-state index contributed by atoms with van der Waals surface area (Å²) in [6.07, 6.45) is 0. The quantitative estimate of drug-likeness (QED) is 0.664. The lowest BCUT2D eigenvalue weighted by Gasteiger charge is -2.08. The molecular formula is C15H13BrN2S. The van der Waals surface area contributed by atoms with Gasteiger partial charge >= 0.3 is 0 Å². The molecule has 0 fully saturated rings. The Morgan fingerprint density at radius 1 is 1.26 bits per heavy atom. The number of thioether (sulfide) groups is 1. The van der Waals surface area contributed by atoms with Crippen LogP contribution in [0.1, 0.15) is 16.7 Å². The molecule has 0 aliphatic rings. The van der Waals surface area contributed by atoms with Crippen LogP contribution in [0.4, 0.5) is 5.69 Å². The Balaban J connectivity index is 2.13. The largest absolute Gasteiger partial charge is 0.398 e. The van der Waals surface area contributed by atoms with Crippen LogP contribution in [0.2, 0.25) is 0 Å². The number of anilines is 1. The standard InChI is InChI=1S/C15H13BrN2S/c1-10-6-11(8-17)2-3-12(10)9-19-15-5-4-13(16)7-14(15)18/h2-7H,9,18H2,1H3. The number of nitrogens with two attached hydrogens (primary N) is 1. The second kappa shape index (κ2) is 6.14. The predicted molar refractivity (Wildman–Crippen MR) is 84.0 cm³/mol. The van der Waals surface area contributed by atoms with E-state index in [0.717, 1.165) is 26.4 Å². The van der Waals surface area contributed by atoms with Crippen molar-refractivity contribution in [3.63, 3.8) is 0 Å². The van der Waals surface area contributed by atoms with Gasteiger partial charge in [-0.05, 0) is 48.4 Å². The number of halogens is 1. The molecule has 0 aliphatic carbocycles. The second-order valence-corrected chi connectivity index (χ2v) is 6.16. The van der Waals surface area contributed by atoms with Gasteiger partial charge in [0.15, 0.2) is 0 Å². The summed E-state index contributed by atoms with van der Waals surface area (Å²) < 4.78 is 0.990. The highest BCUT2D eigenvalue weighted by Crippen LogP contribution is 2.31. The molecule has 0 spiro atoms. The topological polar surface area (TPSA) is 49.8 Å². The number of hydrogen-bond acceptors (Lipinski definition) is 3. The molecule has 0 radical (unpaired) electrons. The Morgan fingerprint density at radius 2 is 2.05 bits per heavy atom. The van der Waals surface area contributed by atoms with Crippen LogP contribution in [-0.2, 0) is 5.75 Å². The summed E-state index contributed by atoms with van der Waals surface area (Å²) in [4.78, 5) is 1.08. The number of benzene rings is 2. The van der Waals surface area contributed by atoms with Gasteiger partial charge in [-0.2, -0.15) is 5.26 Å². The summed E-state index contributed by atoms with van der Waals surface area (Å²) in [5.41, 5.74) is 9.83. The van der Waals surface area contributed by atoms with Gasteiger partial charge in [0.05, 0.1) is 11.6 Å². The molecule has 0 aliphatic heterocycles. The normalized spacial score (nSPS) is 10.2. The smallest absolute Gasteiger partial charge is 0.0991 e. The zero-order valence-corrected chi connectivity index (χ0v) is 12.9. The molecule has 0 heterocycles. The molecule has 0 saturated carbocycles. The SMILES string of the molecule is Cc1cc(C#N)ccc1CSc1ccc(Br)cc1N. The molecule has 0 bridgehead atoms. The highest BCUT2D eigenvalue weighted by atomic mass is 79.9. The fourth-order valence-corrected chi connectivity index (χ4v) is 3.14. The van der Waals surface area contributed by atoms with E-state index in [1.165, 1.54) is 5.56 Å². The van der Waals surface area contributed by atoms with E-state index in [-0.39, 0.29) is 0 Å². The summed E-state index contributed by atoms with van der Waals surface area (Å²) >= 11 is 5.11. The fraction of sp³-hybridized carbons (Fsp3) is 0.133. The summed E-state index contributed by atoms with van der Waals surface area (Å²) in [7, 11) is 0. The number of hydrogen-bond donors (Lipinski definition) is 1. The second-order valence-electron chi connectivity index (χ2n) is 4.22. The van der Waals surface area contributed by atoms with Gasteiger partial charge in [0.1, 0.15) is 0 Å². The van der Waals surface area contributed by atoms with Gasteiger partial charge in [-0.1, -0.05) is 22.0 Å². The van der Waals surface area contributed by atoms with Crippen molar-refractivity contribution in [3.05, 3.63) is 57.6 Å². The summed E-state index contributed by atoms with van der Waals surface area (Å²) in [6, 6.07) is 13.9. The van der Waals surface area contributed by atoms with Crippen LogP contribution in [0.15, 0.2) is 45.8 Å². The minimum atomic E-state index is 0.703. The lowest BCUT2D eigenvalue weighted by molar-refractivity contribution is 1.29. The van der Waals surface area contributed by atoms with E-state index in [2.05, 4.69) is 22.0 Å². The molecule has 0 unspecified atom stereocenters. The first kappa shape index (κ1) is 14.0. The third-order valence-electron chi connectivity index (χ3n) is 2.83. The maximum absolute atomic E-state index is 8.85. The third-order valence-corrected chi connectivity index (χ3v) is 4.46. The van der Waals surface area contributed by atoms with Gasteiger partial charge in [0.2, 0.25) is 0 Å². The first-order valence-corrected chi connectivity index (χ1v) is 7.55. The summed E-state index contributed by atoms with van der Waals surface area (Å²) in [5, 5.41) is 8.85. The first-order chi connectivity index (χ1) is 9.10. The summed E-state index contributed by atoms with van der Waals surface area (Å²) in [5.74, 6) is 0.851. The van der Waals surface area contributed by atoms with Crippen molar-refractivity contribution in [1.29, 1.82) is 5.26 Å². The van der Waals surface area contributed by atoms with Gasteiger partial charge in [-0.3, -0.25) is 0 Å². The summed E-state index contributed by atoms with van der Waals surface area (Å²) in [6.45, 7) is 2.03. The average Bonchev–Trinajstić information content (AvgIpc) is 2.39.